The van der Waals surface area contributed by atoms with E-state index in [-0.39, 0.29) is 17.8 Å². The zero-order valence-corrected chi connectivity index (χ0v) is 18.1. The van der Waals surface area contributed by atoms with Crippen LogP contribution in [0, 0.1) is 6.92 Å². The number of amides is 2. The summed E-state index contributed by atoms with van der Waals surface area (Å²) in [6.07, 6.45) is 0.606. The van der Waals surface area contributed by atoms with Crippen LogP contribution in [0.15, 0.2) is 78.9 Å². The van der Waals surface area contributed by atoms with Crippen molar-refractivity contribution in [1.29, 1.82) is 0 Å². The highest BCUT2D eigenvalue weighted by atomic mass is 32.2. The minimum absolute atomic E-state index is 0.153. The number of urea groups is 1. The second-order valence-corrected chi connectivity index (χ2v) is 9.61. The molecule has 160 valence electrons. The zero-order chi connectivity index (χ0) is 21.8. The molecule has 0 spiro atoms. The van der Waals surface area contributed by atoms with E-state index in [1.807, 2.05) is 73.7 Å². The Hall–Kier alpha value is -3.32. The SMILES string of the molecule is Cc1ccc(N2CCCS2(=O)=O)cc1NC(=O)NC(c1ccccc1)c1ccccc1. The quantitative estimate of drug-likeness (QED) is 0.622. The van der Waals surface area contributed by atoms with Crippen LogP contribution in [0.4, 0.5) is 16.2 Å². The maximum atomic E-state index is 12.9. The zero-order valence-electron chi connectivity index (χ0n) is 17.3. The first-order valence-electron chi connectivity index (χ1n) is 10.2. The molecule has 31 heavy (non-hydrogen) atoms. The number of carbonyl (C=O) groups is 1. The normalized spacial score (nSPS) is 15.1. The number of rotatable bonds is 5. The molecule has 1 heterocycles. The van der Waals surface area contributed by atoms with Gasteiger partial charge < -0.3 is 10.6 Å². The van der Waals surface area contributed by atoms with Crippen LogP contribution in [0.25, 0.3) is 0 Å². The van der Waals surface area contributed by atoms with Crippen molar-refractivity contribution in [2.75, 3.05) is 21.9 Å². The number of sulfonamides is 1. The highest BCUT2D eigenvalue weighted by Gasteiger charge is 2.28. The molecule has 3 aromatic carbocycles. The molecule has 0 aliphatic carbocycles. The molecule has 1 aliphatic heterocycles. The fourth-order valence-corrected chi connectivity index (χ4v) is 5.33. The second-order valence-electron chi connectivity index (χ2n) is 7.59. The van der Waals surface area contributed by atoms with E-state index in [1.165, 1.54) is 4.31 Å². The topological polar surface area (TPSA) is 78.5 Å². The average Bonchev–Trinajstić information content (AvgIpc) is 3.14. The van der Waals surface area contributed by atoms with Crippen LogP contribution < -0.4 is 14.9 Å². The molecule has 6 nitrogen and oxygen atoms in total. The number of carbonyl (C=O) groups excluding carboxylic acids is 1. The smallest absolute Gasteiger partial charge is 0.319 e. The summed E-state index contributed by atoms with van der Waals surface area (Å²) in [5.41, 5.74) is 3.94. The van der Waals surface area contributed by atoms with Crippen molar-refractivity contribution < 1.29 is 13.2 Å². The number of hydrogen-bond acceptors (Lipinski definition) is 3. The average molecular weight is 436 g/mol. The van der Waals surface area contributed by atoms with Gasteiger partial charge in [0.1, 0.15) is 0 Å². The summed E-state index contributed by atoms with van der Waals surface area (Å²) in [6, 6.07) is 24.2. The van der Waals surface area contributed by atoms with Crippen molar-refractivity contribution >= 4 is 27.4 Å². The van der Waals surface area contributed by atoms with Crippen molar-refractivity contribution in [2.45, 2.75) is 19.4 Å². The van der Waals surface area contributed by atoms with E-state index < -0.39 is 10.0 Å². The lowest BCUT2D eigenvalue weighted by Crippen LogP contribution is -2.33. The lowest BCUT2D eigenvalue weighted by Gasteiger charge is -2.22. The lowest BCUT2D eigenvalue weighted by atomic mass is 9.99. The molecule has 0 saturated carbocycles. The molecule has 1 fully saturated rings. The van der Waals surface area contributed by atoms with Crippen molar-refractivity contribution in [3.63, 3.8) is 0 Å². The third-order valence-electron chi connectivity index (χ3n) is 5.40. The van der Waals surface area contributed by atoms with E-state index in [0.717, 1.165) is 16.7 Å². The van der Waals surface area contributed by atoms with E-state index in [2.05, 4.69) is 10.6 Å². The molecule has 7 heteroatoms. The first kappa shape index (κ1) is 20.9. The molecule has 0 bridgehead atoms. The Labute approximate surface area is 183 Å². The van der Waals surface area contributed by atoms with Crippen LogP contribution in [-0.4, -0.2) is 26.7 Å². The highest BCUT2D eigenvalue weighted by molar-refractivity contribution is 7.93. The maximum absolute atomic E-state index is 12.9. The molecular formula is C24H25N3O3S. The number of aryl methyl sites for hydroxylation is 1. The number of benzene rings is 3. The second kappa shape index (κ2) is 8.81. The summed E-state index contributed by atoms with van der Waals surface area (Å²) in [4.78, 5) is 12.9. The Bertz CT molecular complexity index is 1130. The van der Waals surface area contributed by atoms with E-state index in [4.69, 9.17) is 0 Å². The van der Waals surface area contributed by atoms with E-state index >= 15 is 0 Å². The summed E-state index contributed by atoms with van der Waals surface area (Å²) in [7, 11) is -3.28. The summed E-state index contributed by atoms with van der Waals surface area (Å²) in [5.74, 6) is 0.153. The molecule has 3 aromatic rings. The fraction of sp³-hybridized carbons (Fsp3) is 0.208. The van der Waals surface area contributed by atoms with Crippen LogP contribution in [0.2, 0.25) is 0 Å². The Balaban J connectivity index is 1.56. The Morgan fingerprint density at radius 2 is 1.55 bits per heavy atom. The Kier molecular flexibility index (Phi) is 5.95. The van der Waals surface area contributed by atoms with Gasteiger partial charge in [-0.15, -0.1) is 0 Å². The minimum Gasteiger partial charge on any atom is -0.327 e. The molecule has 1 aliphatic rings. The molecule has 1 saturated heterocycles. The van der Waals surface area contributed by atoms with Crippen molar-refractivity contribution in [3.8, 4) is 0 Å². The van der Waals surface area contributed by atoms with Gasteiger partial charge in [0, 0.05) is 12.2 Å². The molecule has 0 unspecified atom stereocenters. The van der Waals surface area contributed by atoms with Crippen LogP contribution in [0.5, 0.6) is 0 Å². The summed E-state index contributed by atoms with van der Waals surface area (Å²) in [5, 5.41) is 5.95. The third kappa shape index (κ3) is 4.72. The first-order chi connectivity index (χ1) is 14.9. The van der Waals surface area contributed by atoms with Gasteiger partial charge in [-0.05, 0) is 42.2 Å². The largest absolute Gasteiger partial charge is 0.327 e. The number of nitrogens with one attached hydrogen (secondary N) is 2. The van der Waals surface area contributed by atoms with Gasteiger partial charge in [-0.3, -0.25) is 4.31 Å². The molecule has 2 N–H and O–H groups in total. The van der Waals surface area contributed by atoms with Crippen LogP contribution in [0.3, 0.4) is 0 Å². The van der Waals surface area contributed by atoms with Gasteiger partial charge >= 0.3 is 6.03 Å². The van der Waals surface area contributed by atoms with Gasteiger partial charge in [-0.2, -0.15) is 0 Å². The number of anilines is 2. The van der Waals surface area contributed by atoms with Crippen LogP contribution >= 0.6 is 0 Å². The maximum Gasteiger partial charge on any atom is 0.319 e. The molecule has 4 rings (SSSR count). The summed E-state index contributed by atoms with van der Waals surface area (Å²) < 4.78 is 25.9. The van der Waals surface area contributed by atoms with Gasteiger partial charge in [-0.1, -0.05) is 66.7 Å². The van der Waals surface area contributed by atoms with Crippen LogP contribution in [0.1, 0.15) is 29.2 Å². The van der Waals surface area contributed by atoms with Gasteiger partial charge in [0.15, 0.2) is 0 Å². The predicted octanol–water partition coefficient (Wildman–Crippen LogP) is 4.45. The van der Waals surface area contributed by atoms with Gasteiger partial charge in [-0.25, -0.2) is 13.2 Å². The molecular weight excluding hydrogens is 410 g/mol. The third-order valence-corrected chi connectivity index (χ3v) is 7.27. The Morgan fingerprint density at radius 3 is 2.10 bits per heavy atom. The highest BCUT2D eigenvalue weighted by Crippen LogP contribution is 2.29. The van der Waals surface area contributed by atoms with E-state index in [1.54, 1.807) is 12.1 Å². The molecule has 0 atom stereocenters. The monoisotopic (exact) mass is 435 g/mol. The minimum atomic E-state index is -3.28. The summed E-state index contributed by atoms with van der Waals surface area (Å²) in [6.45, 7) is 2.34. The van der Waals surface area contributed by atoms with E-state index in [0.29, 0.717) is 24.3 Å². The van der Waals surface area contributed by atoms with E-state index in [9.17, 15) is 13.2 Å². The first-order valence-corrected chi connectivity index (χ1v) is 11.8. The van der Waals surface area contributed by atoms with Gasteiger partial charge in [0.2, 0.25) is 10.0 Å². The van der Waals surface area contributed by atoms with Crippen molar-refractivity contribution in [2.24, 2.45) is 0 Å². The Morgan fingerprint density at radius 1 is 0.935 bits per heavy atom. The van der Waals surface area contributed by atoms with Gasteiger partial charge in [0.05, 0.1) is 17.5 Å². The molecule has 0 radical (unpaired) electrons. The molecule has 2 amide bonds. The lowest BCUT2D eigenvalue weighted by molar-refractivity contribution is 0.250. The van der Waals surface area contributed by atoms with Crippen molar-refractivity contribution in [1.82, 2.24) is 5.32 Å². The fourth-order valence-electron chi connectivity index (χ4n) is 3.77. The summed E-state index contributed by atoms with van der Waals surface area (Å²) >= 11 is 0. The number of hydrogen-bond donors (Lipinski definition) is 2. The predicted molar refractivity (Wildman–Crippen MR) is 124 cm³/mol. The standard InChI is InChI=1S/C24H25N3O3S/c1-18-13-14-21(27-15-8-16-31(27,29)30)17-22(18)25-24(28)26-23(19-9-4-2-5-10-19)20-11-6-3-7-12-20/h2-7,9-14,17,23H,8,15-16H2,1H3,(H2,25,26,28). The van der Waals surface area contributed by atoms with Crippen LogP contribution in [-0.2, 0) is 10.0 Å². The van der Waals surface area contributed by atoms with Gasteiger partial charge in [0.25, 0.3) is 0 Å². The van der Waals surface area contributed by atoms with Crippen molar-refractivity contribution in [3.05, 3.63) is 95.6 Å². The molecule has 0 aromatic heterocycles. The number of nitrogens with zero attached hydrogens (tertiary/aromatic N) is 1.